The van der Waals surface area contributed by atoms with E-state index in [4.69, 9.17) is 5.11 Å². The van der Waals surface area contributed by atoms with Crippen LogP contribution in [-0.4, -0.2) is 54.7 Å². The molecule has 0 saturated carbocycles. The normalized spacial score (nSPS) is 25.1. The molecular formula is C9H13F3N2O3. The molecular weight excluding hydrogens is 241 g/mol. The Bertz CT molecular complexity index is 332. The van der Waals surface area contributed by atoms with Gasteiger partial charge in [0.05, 0.1) is 6.54 Å². The fraction of sp³-hybridized carbons (Fsp3) is 0.778. The van der Waals surface area contributed by atoms with Crippen molar-refractivity contribution in [2.75, 3.05) is 26.7 Å². The van der Waals surface area contributed by atoms with Gasteiger partial charge in [-0.3, -0.25) is 9.59 Å². The molecule has 2 N–H and O–H groups in total. The van der Waals surface area contributed by atoms with Crippen molar-refractivity contribution in [2.45, 2.75) is 12.6 Å². The lowest BCUT2D eigenvalue weighted by Gasteiger charge is -2.27. The number of carboxylic acid groups (broad SMARTS) is 1. The van der Waals surface area contributed by atoms with E-state index in [1.54, 1.807) is 0 Å². The average molecular weight is 254 g/mol. The maximum atomic E-state index is 12.8. The second kappa shape index (κ2) is 4.52. The van der Waals surface area contributed by atoms with E-state index in [0.29, 0.717) is 0 Å². The van der Waals surface area contributed by atoms with Crippen molar-refractivity contribution in [3.05, 3.63) is 0 Å². The molecule has 8 heteroatoms. The Kier molecular flexibility index (Phi) is 3.65. The third-order valence-corrected chi connectivity index (χ3v) is 2.90. The second-order valence-electron chi connectivity index (χ2n) is 3.98. The number of carbonyl (C=O) groups is 2. The maximum Gasteiger partial charge on any atom is 0.406 e. The molecule has 0 radical (unpaired) electrons. The molecule has 1 aliphatic heterocycles. The molecule has 1 fully saturated rings. The highest BCUT2D eigenvalue weighted by Crippen LogP contribution is 2.45. The van der Waals surface area contributed by atoms with Crippen LogP contribution in [0.1, 0.15) is 6.42 Å². The smallest absolute Gasteiger partial charge is 0.406 e. The fourth-order valence-electron chi connectivity index (χ4n) is 1.81. The van der Waals surface area contributed by atoms with Gasteiger partial charge >= 0.3 is 12.1 Å². The highest BCUT2D eigenvalue weighted by atomic mass is 19.4. The van der Waals surface area contributed by atoms with E-state index in [0.717, 1.165) is 4.90 Å². The SMILES string of the molecule is CNCC(=O)N1CCC(C(=O)O)(C(F)(F)F)C1. The number of alkyl halides is 3. The van der Waals surface area contributed by atoms with Crippen LogP contribution in [0.3, 0.4) is 0 Å². The molecule has 1 unspecified atom stereocenters. The van der Waals surface area contributed by atoms with Crippen LogP contribution < -0.4 is 5.32 Å². The molecule has 0 aromatic rings. The number of carbonyl (C=O) groups excluding carboxylic acids is 1. The number of likely N-dealkylation sites (tertiary alicyclic amines) is 1. The summed E-state index contributed by atoms with van der Waals surface area (Å²) < 4.78 is 38.3. The molecule has 0 aliphatic carbocycles. The summed E-state index contributed by atoms with van der Waals surface area (Å²) in [5, 5.41) is 11.3. The zero-order valence-electron chi connectivity index (χ0n) is 9.17. The van der Waals surface area contributed by atoms with Gasteiger partial charge in [0.15, 0.2) is 5.41 Å². The van der Waals surface area contributed by atoms with Gasteiger partial charge in [-0.05, 0) is 13.5 Å². The zero-order valence-corrected chi connectivity index (χ0v) is 9.17. The Morgan fingerprint density at radius 3 is 2.41 bits per heavy atom. The van der Waals surface area contributed by atoms with Gasteiger partial charge in [0.25, 0.3) is 0 Å². The Morgan fingerprint density at radius 2 is 2.06 bits per heavy atom. The minimum Gasteiger partial charge on any atom is -0.481 e. The predicted octanol–water partition coefficient (Wildman–Crippen LogP) is 0.0714. The van der Waals surface area contributed by atoms with E-state index in [2.05, 4.69) is 5.32 Å². The van der Waals surface area contributed by atoms with Gasteiger partial charge in [0.2, 0.25) is 5.91 Å². The van der Waals surface area contributed by atoms with Gasteiger partial charge in [-0.1, -0.05) is 0 Å². The molecule has 17 heavy (non-hydrogen) atoms. The molecule has 5 nitrogen and oxygen atoms in total. The first-order valence-corrected chi connectivity index (χ1v) is 4.97. The van der Waals surface area contributed by atoms with Crippen LogP contribution in [0.15, 0.2) is 0 Å². The lowest BCUT2D eigenvalue weighted by atomic mass is 9.86. The number of amides is 1. The number of halogens is 3. The summed E-state index contributed by atoms with van der Waals surface area (Å²) in [7, 11) is 1.49. The number of likely N-dealkylation sites (N-methyl/N-ethyl adjacent to an activating group) is 1. The lowest BCUT2D eigenvalue weighted by molar-refractivity contribution is -0.227. The molecule has 1 amide bonds. The number of hydrogen-bond acceptors (Lipinski definition) is 3. The van der Waals surface area contributed by atoms with Crippen molar-refractivity contribution in [1.29, 1.82) is 0 Å². The summed E-state index contributed by atoms with van der Waals surface area (Å²) >= 11 is 0. The van der Waals surface area contributed by atoms with Gasteiger partial charge in [0, 0.05) is 13.1 Å². The van der Waals surface area contributed by atoms with E-state index in [1.165, 1.54) is 7.05 Å². The molecule has 1 heterocycles. The predicted molar refractivity (Wildman–Crippen MR) is 51.2 cm³/mol. The van der Waals surface area contributed by atoms with Crippen molar-refractivity contribution < 1.29 is 27.9 Å². The van der Waals surface area contributed by atoms with Gasteiger partial charge < -0.3 is 15.3 Å². The summed E-state index contributed by atoms with van der Waals surface area (Å²) in [6, 6.07) is 0. The number of aliphatic carboxylic acids is 1. The van der Waals surface area contributed by atoms with Gasteiger partial charge in [-0.15, -0.1) is 0 Å². The quantitative estimate of drug-likeness (QED) is 0.748. The monoisotopic (exact) mass is 254 g/mol. The van der Waals surface area contributed by atoms with Crippen LogP contribution in [0.2, 0.25) is 0 Å². The second-order valence-corrected chi connectivity index (χ2v) is 3.98. The Hall–Kier alpha value is -1.31. The van der Waals surface area contributed by atoms with Gasteiger partial charge in [0.1, 0.15) is 0 Å². The Labute approximate surface area is 95.6 Å². The topological polar surface area (TPSA) is 69.6 Å². The molecule has 0 bridgehead atoms. The molecule has 1 saturated heterocycles. The third-order valence-electron chi connectivity index (χ3n) is 2.90. The molecule has 1 aliphatic rings. The number of rotatable bonds is 3. The van der Waals surface area contributed by atoms with Crippen LogP contribution in [-0.2, 0) is 9.59 Å². The molecule has 1 rings (SSSR count). The standard InChI is InChI=1S/C9H13F3N2O3/c1-13-4-6(15)14-3-2-8(5-14,7(16)17)9(10,11)12/h13H,2-5H2,1H3,(H,16,17). The van der Waals surface area contributed by atoms with E-state index in [-0.39, 0.29) is 13.1 Å². The number of nitrogens with zero attached hydrogens (tertiary/aromatic N) is 1. The highest BCUT2D eigenvalue weighted by molar-refractivity contribution is 5.82. The fourth-order valence-corrected chi connectivity index (χ4v) is 1.81. The van der Waals surface area contributed by atoms with Crippen molar-refractivity contribution in [3.8, 4) is 0 Å². The summed E-state index contributed by atoms with van der Waals surface area (Å²) in [4.78, 5) is 23.1. The van der Waals surface area contributed by atoms with E-state index >= 15 is 0 Å². The third kappa shape index (κ3) is 2.36. The van der Waals surface area contributed by atoms with Crippen molar-refractivity contribution >= 4 is 11.9 Å². The first kappa shape index (κ1) is 13.8. The largest absolute Gasteiger partial charge is 0.481 e. The first-order valence-electron chi connectivity index (χ1n) is 4.97. The van der Waals surface area contributed by atoms with E-state index in [1.807, 2.05) is 0 Å². The van der Waals surface area contributed by atoms with Crippen molar-refractivity contribution in [2.24, 2.45) is 5.41 Å². The zero-order chi connectivity index (χ0) is 13.3. The van der Waals surface area contributed by atoms with Gasteiger partial charge in [-0.2, -0.15) is 13.2 Å². The summed E-state index contributed by atoms with van der Waals surface area (Å²) in [6.45, 7) is -1.10. The summed E-state index contributed by atoms with van der Waals surface area (Å²) in [5.74, 6) is -2.45. The molecule has 0 spiro atoms. The molecule has 0 aromatic carbocycles. The van der Waals surface area contributed by atoms with Crippen LogP contribution in [0, 0.1) is 5.41 Å². The highest BCUT2D eigenvalue weighted by Gasteiger charge is 2.64. The van der Waals surface area contributed by atoms with Crippen LogP contribution >= 0.6 is 0 Å². The minimum atomic E-state index is -4.85. The van der Waals surface area contributed by atoms with Crippen LogP contribution in [0.5, 0.6) is 0 Å². The Morgan fingerprint density at radius 1 is 1.47 bits per heavy atom. The number of hydrogen-bond donors (Lipinski definition) is 2. The summed E-state index contributed by atoms with van der Waals surface area (Å²) in [6.07, 6.45) is -5.45. The number of carboxylic acids is 1. The molecule has 1 atom stereocenters. The summed E-state index contributed by atoms with van der Waals surface area (Å²) in [5.41, 5.74) is -2.82. The van der Waals surface area contributed by atoms with Crippen molar-refractivity contribution in [1.82, 2.24) is 10.2 Å². The molecule has 98 valence electrons. The van der Waals surface area contributed by atoms with Gasteiger partial charge in [-0.25, -0.2) is 0 Å². The van der Waals surface area contributed by atoms with E-state index < -0.39 is 36.4 Å². The average Bonchev–Trinajstić information content (AvgIpc) is 2.62. The lowest BCUT2D eigenvalue weighted by Crippen LogP contribution is -2.48. The molecule has 0 aromatic heterocycles. The van der Waals surface area contributed by atoms with Crippen LogP contribution in [0.4, 0.5) is 13.2 Å². The maximum absolute atomic E-state index is 12.8. The van der Waals surface area contributed by atoms with Crippen molar-refractivity contribution in [3.63, 3.8) is 0 Å². The number of nitrogens with one attached hydrogen (secondary N) is 1. The van der Waals surface area contributed by atoms with Crippen LogP contribution in [0.25, 0.3) is 0 Å². The first-order chi connectivity index (χ1) is 7.74. The Balaban J connectivity index is 2.87. The minimum absolute atomic E-state index is 0.104. The van der Waals surface area contributed by atoms with E-state index in [9.17, 15) is 22.8 Å².